The minimum absolute atomic E-state index is 0.337. The number of hydroxylamine groups is 1. The molecule has 2 fully saturated rings. The topological polar surface area (TPSA) is 77.5 Å². The minimum atomic E-state index is -0.977. The van der Waals surface area contributed by atoms with Crippen LogP contribution >= 0.6 is 0 Å². The van der Waals surface area contributed by atoms with Gasteiger partial charge in [0, 0.05) is 0 Å². The second-order valence-corrected chi connectivity index (χ2v) is 8.83. The van der Waals surface area contributed by atoms with E-state index in [1.54, 1.807) is 30.4 Å². The fraction of sp³-hybridized carbons (Fsp3) is 0.310. The summed E-state index contributed by atoms with van der Waals surface area (Å²) in [4.78, 5) is 35.1. The summed E-state index contributed by atoms with van der Waals surface area (Å²) in [6.07, 6.45) is -0.114. The second kappa shape index (κ2) is 10.5. The molecule has 2 amide bonds. The lowest BCUT2D eigenvalue weighted by Crippen LogP contribution is -2.37. The van der Waals surface area contributed by atoms with Gasteiger partial charge in [-0.3, -0.25) is 14.4 Å². The van der Waals surface area contributed by atoms with E-state index in [1.807, 2.05) is 68.4 Å². The third-order valence-electron chi connectivity index (χ3n) is 6.52. The van der Waals surface area contributed by atoms with Crippen molar-refractivity contribution >= 4 is 23.2 Å². The summed E-state index contributed by atoms with van der Waals surface area (Å²) in [6, 6.07) is 21.5. The van der Waals surface area contributed by atoms with Crippen molar-refractivity contribution in [2.45, 2.75) is 32.4 Å². The van der Waals surface area contributed by atoms with Crippen LogP contribution in [0.3, 0.4) is 0 Å². The molecule has 2 aliphatic rings. The number of amides is 2. The zero-order valence-electron chi connectivity index (χ0n) is 21.1. The Hall–Kier alpha value is -4.04. The maximum absolute atomic E-state index is 14.0. The van der Waals surface area contributed by atoms with E-state index >= 15 is 0 Å². The summed E-state index contributed by atoms with van der Waals surface area (Å²) >= 11 is 0. The quantitative estimate of drug-likeness (QED) is 0.384. The molecule has 37 heavy (non-hydrogen) atoms. The lowest BCUT2D eigenvalue weighted by atomic mass is 9.90. The van der Waals surface area contributed by atoms with E-state index in [9.17, 15) is 9.59 Å². The molecule has 2 saturated heterocycles. The van der Waals surface area contributed by atoms with Gasteiger partial charge in [0.25, 0.3) is 5.91 Å². The van der Waals surface area contributed by atoms with Gasteiger partial charge in [0.05, 0.1) is 37.7 Å². The highest BCUT2D eigenvalue weighted by molar-refractivity contribution is 6.24. The zero-order chi connectivity index (χ0) is 25.9. The minimum Gasteiger partial charge on any atom is -0.493 e. The molecule has 2 heterocycles. The molecule has 0 aliphatic carbocycles. The van der Waals surface area contributed by atoms with Crippen molar-refractivity contribution in [3.05, 3.63) is 78.4 Å². The molecule has 8 heteroatoms. The molecule has 192 valence electrons. The highest BCUT2D eigenvalue weighted by atomic mass is 16.7. The van der Waals surface area contributed by atoms with Gasteiger partial charge in [-0.15, -0.1) is 0 Å². The van der Waals surface area contributed by atoms with Crippen LogP contribution in [0.25, 0.3) is 0 Å². The lowest BCUT2D eigenvalue weighted by Gasteiger charge is -2.29. The third kappa shape index (κ3) is 4.38. The number of imide groups is 1. The number of fused-ring (bicyclic) bond motifs is 1. The number of para-hydroxylation sites is 3. The predicted octanol–water partition coefficient (Wildman–Crippen LogP) is 4.93. The van der Waals surface area contributed by atoms with Crippen LogP contribution in [0.1, 0.15) is 31.9 Å². The number of rotatable bonds is 9. The van der Waals surface area contributed by atoms with E-state index in [4.69, 9.17) is 19.0 Å². The predicted molar refractivity (Wildman–Crippen MR) is 139 cm³/mol. The number of carbonyl (C=O) groups excluding carboxylic acids is 2. The van der Waals surface area contributed by atoms with Crippen molar-refractivity contribution < 1.29 is 28.6 Å². The number of carbonyl (C=O) groups is 2. The first-order valence-corrected chi connectivity index (χ1v) is 12.5. The van der Waals surface area contributed by atoms with Crippen LogP contribution in [0.2, 0.25) is 0 Å². The van der Waals surface area contributed by atoms with E-state index in [1.165, 1.54) is 4.90 Å². The number of hydrogen-bond acceptors (Lipinski definition) is 7. The molecule has 3 aromatic rings. The monoisotopic (exact) mass is 502 g/mol. The van der Waals surface area contributed by atoms with E-state index in [0.29, 0.717) is 36.1 Å². The van der Waals surface area contributed by atoms with E-state index in [-0.39, 0.29) is 5.91 Å². The smallest absolute Gasteiger partial charge is 0.266 e. The standard InChI is InChI=1S/C29H30N2O6/c1-4-17-36-23-16-15-19(18-24(23)34-3)26-25-27(37-31(26)20-11-7-6-8-12-20)29(33)30(28(25)32)21-13-9-10-14-22(21)35-5-2/h6-16,18,25-27H,4-5,17H2,1-3H3/t25-,26+,27-/m0/s1. The molecule has 5 rings (SSSR count). The molecule has 0 unspecified atom stereocenters. The Labute approximate surface area is 216 Å². The van der Waals surface area contributed by atoms with Gasteiger partial charge in [0.15, 0.2) is 17.6 Å². The van der Waals surface area contributed by atoms with Gasteiger partial charge in [-0.2, -0.15) is 0 Å². The van der Waals surface area contributed by atoms with E-state index in [0.717, 1.165) is 17.7 Å². The normalized spacial score (nSPS) is 20.8. The Morgan fingerprint density at radius 3 is 2.32 bits per heavy atom. The molecule has 0 radical (unpaired) electrons. The Bertz CT molecular complexity index is 1280. The third-order valence-corrected chi connectivity index (χ3v) is 6.52. The first kappa shape index (κ1) is 24.6. The van der Waals surface area contributed by atoms with Gasteiger partial charge in [0.2, 0.25) is 5.91 Å². The first-order valence-electron chi connectivity index (χ1n) is 12.5. The van der Waals surface area contributed by atoms with Crippen molar-refractivity contribution in [2.75, 3.05) is 30.3 Å². The molecule has 0 aromatic heterocycles. The summed E-state index contributed by atoms with van der Waals surface area (Å²) < 4.78 is 17.2. The SMILES string of the molecule is CCCOc1ccc([C@@H]2[C@@H]3C(=O)N(c4ccccc4OCC)C(=O)[C@H]3ON2c2ccccc2)cc1OC. The van der Waals surface area contributed by atoms with Crippen molar-refractivity contribution in [1.82, 2.24) is 0 Å². The Balaban J connectivity index is 1.57. The Morgan fingerprint density at radius 1 is 0.838 bits per heavy atom. The lowest BCUT2D eigenvalue weighted by molar-refractivity contribution is -0.126. The molecular formula is C29H30N2O6. The number of nitrogens with zero attached hydrogens (tertiary/aromatic N) is 2. The van der Waals surface area contributed by atoms with Crippen molar-refractivity contribution in [1.29, 1.82) is 0 Å². The largest absolute Gasteiger partial charge is 0.493 e. The second-order valence-electron chi connectivity index (χ2n) is 8.83. The number of ether oxygens (including phenoxy) is 3. The maximum Gasteiger partial charge on any atom is 0.266 e. The van der Waals surface area contributed by atoms with Crippen molar-refractivity contribution in [3.8, 4) is 17.2 Å². The van der Waals surface area contributed by atoms with Crippen molar-refractivity contribution in [2.24, 2.45) is 5.92 Å². The van der Waals surface area contributed by atoms with Crippen LogP contribution < -0.4 is 24.2 Å². The van der Waals surface area contributed by atoms with Gasteiger partial charge in [-0.05, 0) is 55.3 Å². The van der Waals surface area contributed by atoms with Gasteiger partial charge < -0.3 is 14.2 Å². The molecule has 0 saturated carbocycles. The summed E-state index contributed by atoms with van der Waals surface area (Å²) in [5, 5.41) is 1.66. The average molecular weight is 503 g/mol. The fourth-order valence-corrected chi connectivity index (χ4v) is 4.91. The van der Waals surface area contributed by atoms with Crippen LogP contribution in [-0.2, 0) is 14.4 Å². The zero-order valence-corrected chi connectivity index (χ0v) is 21.1. The Kier molecular flexibility index (Phi) is 7.01. The van der Waals surface area contributed by atoms with Gasteiger partial charge >= 0.3 is 0 Å². The van der Waals surface area contributed by atoms with Crippen molar-refractivity contribution in [3.63, 3.8) is 0 Å². The van der Waals surface area contributed by atoms with Crippen LogP contribution in [-0.4, -0.2) is 38.2 Å². The van der Waals surface area contributed by atoms with Crippen LogP contribution in [0.4, 0.5) is 11.4 Å². The summed E-state index contributed by atoms with van der Waals surface area (Å²) in [7, 11) is 1.58. The number of hydrogen-bond donors (Lipinski definition) is 0. The van der Waals surface area contributed by atoms with Crippen LogP contribution in [0.5, 0.6) is 17.2 Å². The summed E-state index contributed by atoms with van der Waals surface area (Å²) in [5.74, 6) is 0.127. The first-order chi connectivity index (χ1) is 18.1. The van der Waals surface area contributed by atoms with Crippen LogP contribution in [0, 0.1) is 5.92 Å². The number of anilines is 2. The van der Waals surface area contributed by atoms with Gasteiger partial charge in [0.1, 0.15) is 11.7 Å². The molecule has 2 aliphatic heterocycles. The highest BCUT2D eigenvalue weighted by Crippen LogP contribution is 2.49. The Morgan fingerprint density at radius 2 is 1.59 bits per heavy atom. The molecule has 0 bridgehead atoms. The number of benzene rings is 3. The maximum atomic E-state index is 14.0. The number of methoxy groups -OCH3 is 1. The molecule has 0 N–H and O–H groups in total. The fourth-order valence-electron chi connectivity index (χ4n) is 4.91. The molecule has 3 aromatic carbocycles. The summed E-state index contributed by atoms with van der Waals surface area (Å²) in [6.45, 7) is 4.86. The van der Waals surface area contributed by atoms with Crippen LogP contribution in [0.15, 0.2) is 72.8 Å². The van der Waals surface area contributed by atoms with E-state index in [2.05, 4.69) is 0 Å². The average Bonchev–Trinajstić information content (AvgIpc) is 3.44. The molecule has 8 nitrogen and oxygen atoms in total. The highest BCUT2D eigenvalue weighted by Gasteiger charge is 2.60. The van der Waals surface area contributed by atoms with E-state index < -0.39 is 24.0 Å². The molecule has 0 spiro atoms. The van der Waals surface area contributed by atoms with Gasteiger partial charge in [-0.1, -0.05) is 43.3 Å². The summed E-state index contributed by atoms with van der Waals surface area (Å²) in [5.41, 5.74) is 1.94. The molecular weight excluding hydrogens is 472 g/mol. The molecule has 3 atom stereocenters. The van der Waals surface area contributed by atoms with Gasteiger partial charge in [-0.25, -0.2) is 9.96 Å².